The third-order valence-corrected chi connectivity index (χ3v) is 5.65. The number of pyridine rings is 1. The third-order valence-electron chi connectivity index (χ3n) is 4.50. The summed E-state index contributed by atoms with van der Waals surface area (Å²) in [6.45, 7) is 7.95. The molecule has 1 N–H and O–H groups in total. The fourth-order valence-corrected chi connectivity index (χ4v) is 3.47. The van der Waals surface area contributed by atoms with E-state index in [1.54, 1.807) is 13.8 Å². The van der Waals surface area contributed by atoms with E-state index in [2.05, 4.69) is 36.4 Å². The van der Waals surface area contributed by atoms with Gasteiger partial charge in [-0.15, -0.1) is 0 Å². The normalized spacial score (nSPS) is 11.6. The quantitative estimate of drug-likeness (QED) is 0.619. The first-order valence-electron chi connectivity index (χ1n) is 8.78. The molecule has 3 aromatic heterocycles. The van der Waals surface area contributed by atoms with Crippen molar-refractivity contribution in [2.75, 3.05) is 6.54 Å². The molecule has 0 aromatic carbocycles. The van der Waals surface area contributed by atoms with Crippen LogP contribution in [0.5, 0.6) is 0 Å². The molecule has 0 spiro atoms. The van der Waals surface area contributed by atoms with Crippen molar-refractivity contribution in [2.24, 2.45) is 0 Å². The molecule has 7 nitrogen and oxygen atoms in total. The van der Waals surface area contributed by atoms with Crippen molar-refractivity contribution in [3.63, 3.8) is 0 Å². The summed E-state index contributed by atoms with van der Waals surface area (Å²) < 4.78 is 30.9. The fraction of sp³-hybridized carbons (Fsp3) is 0.444. The van der Waals surface area contributed by atoms with Crippen molar-refractivity contribution >= 4 is 32.9 Å². The minimum Gasteiger partial charge on any atom is -0.353 e. The summed E-state index contributed by atoms with van der Waals surface area (Å²) in [6.07, 6.45) is -2.63. The predicted octanol–water partition coefficient (Wildman–Crippen LogP) is 3.38. The lowest BCUT2D eigenvalue weighted by molar-refractivity contribution is -0.121. The van der Waals surface area contributed by atoms with Gasteiger partial charge in [0.25, 0.3) is 6.43 Å². The van der Waals surface area contributed by atoms with Gasteiger partial charge >= 0.3 is 0 Å². The summed E-state index contributed by atoms with van der Waals surface area (Å²) in [4.78, 5) is 16.6. The molecular formula is C18H21BrF2N6O. The van der Waals surface area contributed by atoms with Crippen LogP contribution >= 0.6 is 15.9 Å². The molecule has 0 atom stereocenters. The Hall–Kier alpha value is -2.36. The zero-order chi connectivity index (χ0) is 20.6. The standard InChI is InChI=1S/C18H21BrF2N6O/c1-9-7-13(17(20)21)15-10(2)24-27(18(15)23-9)8-14(28)22-5-6-26-12(4)16(19)11(3)25-26/h7,17H,5-6,8H2,1-4H3,(H,22,28). The molecule has 0 aliphatic heterocycles. The topological polar surface area (TPSA) is 77.6 Å². The van der Waals surface area contributed by atoms with Gasteiger partial charge in [0.15, 0.2) is 5.65 Å². The average Bonchev–Trinajstić information content (AvgIpc) is 3.05. The molecule has 0 fully saturated rings. The lowest BCUT2D eigenvalue weighted by atomic mass is 10.1. The van der Waals surface area contributed by atoms with Crippen LogP contribution in [-0.2, 0) is 17.9 Å². The van der Waals surface area contributed by atoms with E-state index in [4.69, 9.17) is 0 Å². The highest BCUT2D eigenvalue weighted by atomic mass is 79.9. The van der Waals surface area contributed by atoms with Gasteiger partial charge in [-0.25, -0.2) is 18.4 Å². The molecule has 0 radical (unpaired) electrons. The van der Waals surface area contributed by atoms with E-state index >= 15 is 0 Å². The van der Waals surface area contributed by atoms with E-state index in [9.17, 15) is 13.6 Å². The van der Waals surface area contributed by atoms with Crippen LogP contribution in [0.4, 0.5) is 8.78 Å². The number of nitrogens with one attached hydrogen (secondary N) is 1. The van der Waals surface area contributed by atoms with Crippen LogP contribution in [0.25, 0.3) is 11.0 Å². The molecule has 3 heterocycles. The highest BCUT2D eigenvalue weighted by Gasteiger charge is 2.20. The fourth-order valence-electron chi connectivity index (χ4n) is 3.19. The number of hydrogen-bond acceptors (Lipinski definition) is 4. The van der Waals surface area contributed by atoms with Crippen molar-refractivity contribution < 1.29 is 13.6 Å². The second-order valence-corrected chi connectivity index (χ2v) is 7.45. The number of aryl methyl sites for hydroxylation is 3. The first kappa shape index (κ1) is 20.4. The average molecular weight is 455 g/mol. The first-order valence-corrected chi connectivity index (χ1v) is 9.57. The lowest BCUT2D eigenvalue weighted by Gasteiger charge is -2.08. The van der Waals surface area contributed by atoms with E-state index in [0.29, 0.717) is 35.5 Å². The number of carbonyl (C=O) groups excluding carboxylic acids is 1. The second kappa shape index (κ2) is 7.94. The second-order valence-electron chi connectivity index (χ2n) is 6.65. The molecule has 0 unspecified atom stereocenters. The maximum Gasteiger partial charge on any atom is 0.264 e. The Bertz CT molecular complexity index is 1040. The van der Waals surface area contributed by atoms with Gasteiger partial charge in [-0.05, 0) is 49.7 Å². The van der Waals surface area contributed by atoms with Crippen LogP contribution in [0.15, 0.2) is 10.5 Å². The molecule has 10 heteroatoms. The number of carbonyl (C=O) groups is 1. The molecular weight excluding hydrogens is 434 g/mol. The van der Waals surface area contributed by atoms with E-state index in [1.807, 2.05) is 18.5 Å². The number of amides is 1. The minimum absolute atomic E-state index is 0.0930. The van der Waals surface area contributed by atoms with Crippen molar-refractivity contribution in [2.45, 2.75) is 47.2 Å². The summed E-state index contributed by atoms with van der Waals surface area (Å²) in [5.41, 5.74) is 2.95. The lowest BCUT2D eigenvalue weighted by Crippen LogP contribution is -2.31. The number of aromatic nitrogens is 5. The zero-order valence-electron chi connectivity index (χ0n) is 16.1. The Balaban J connectivity index is 1.72. The summed E-state index contributed by atoms with van der Waals surface area (Å²) in [5, 5.41) is 11.8. The van der Waals surface area contributed by atoms with Gasteiger partial charge < -0.3 is 5.32 Å². The van der Waals surface area contributed by atoms with Crippen LogP contribution < -0.4 is 5.32 Å². The zero-order valence-corrected chi connectivity index (χ0v) is 17.6. The maximum absolute atomic E-state index is 13.4. The Morgan fingerprint density at radius 3 is 2.46 bits per heavy atom. The van der Waals surface area contributed by atoms with Crippen LogP contribution in [0, 0.1) is 27.7 Å². The Morgan fingerprint density at radius 1 is 1.18 bits per heavy atom. The number of hydrogen-bond donors (Lipinski definition) is 1. The van der Waals surface area contributed by atoms with Crippen LogP contribution in [-0.4, -0.2) is 37.0 Å². The predicted molar refractivity (Wildman–Crippen MR) is 104 cm³/mol. The molecule has 0 aliphatic rings. The van der Waals surface area contributed by atoms with E-state index in [1.165, 1.54) is 10.7 Å². The van der Waals surface area contributed by atoms with Gasteiger partial charge in [-0.3, -0.25) is 9.48 Å². The molecule has 0 saturated carbocycles. The Kier molecular flexibility index (Phi) is 5.78. The molecule has 0 bridgehead atoms. The van der Waals surface area contributed by atoms with Crippen molar-refractivity contribution in [1.29, 1.82) is 0 Å². The van der Waals surface area contributed by atoms with Crippen LogP contribution in [0.2, 0.25) is 0 Å². The third kappa shape index (κ3) is 3.91. The molecule has 150 valence electrons. The Labute approximate surface area is 169 Å². The summed E-state index contributed by atoms with van der Waals surface area (Å²) in [6, 6.07) is 1.36. The largest absolute Gasteiger partial charge is 0.353 e. The highest BCUT2D eigenvalue weighted by Crippen LogP contribution is 2.29. The first-order chi connectivity index (χ1) is 13.2. The number of alkyl halides is 2. The van der Waals surface area contributed by atoms with Gasteiger partial charge in [0.2, 0.25) is 5.91 Å². The molecule has 3 rings (SSSR count). The van der Waals surface area contributed by atoms with Crippen molar-refractivity contribution in [3.8, 4) is 0 Å². The number of fused-ring (bicyclic) bond motifs is 1. The summed E-state index contributed by atoms with van der Waals surface area (Å²) in [5.74, 6) is -0.271. The minimum atomic E-state index is -2.63. The van der Waals surface area contributed by atoms with E-state index < -0.39 is 6.43 Å². The summed E-state index contributed by atoms with van der Waals surface area (Å²) in [7, 11) is 0. The molecule has 1 amide bonds. The van der Waals surface area contributed by atoms with Gasteiger partial charge in [0, 0.05) is 23.5 Å². The number of halogens is 3. The van der Waals surface area contributed by atoms with E-state index in [-0.39, 0.29) is 18.0 Å². The Morgan fingerprint density at radius 2 is 1.86 bits per heavy atom. The van der Waals surface area contributed by atoms with Gasteiger partial charge in [-0.1, -0.05) is 0 Å². The molecule has 28 heavy (non-hydrogen) atoms. The smallest absolute Gasteiger partial charge is 0.264 e. The molecule has 0 aliphatic carbocycles. The molecule has 3 aromatic rings. The maximum atomic E-state index is 13.4. The number of rotatable bonds is 6. The van der Waals surface area contributed by atoms with Crippen LogP contribution in [0.3, 0.4) is 0 Å². The highest BCUT2D eigenvalue weighted by molar-refractivity contribution is 9.10. The summed E-state index contributed by atoms with van der Waals surface area (Å²) >= 11 is 3.47. The molecule has 0 saturated heterocycles. The van der Waals surface area contributed by atoms with Gasteiger partial charge in [0.05, 0.1) is 27.8 Å². The SMILES string of the molecule is Cc1cc(C(F)F)c2c(C)nn(CC(=O)NCCn3nc(C)c(Br)c3C)c2n1. The van der Waals surface area contributed by atoms with Crippen LogP contribution in [0.1, 0.15) is 34.8 Å². The van der Waals surface area contributed by atoms with Gasteiger partial charge in [-0.2, -0.15) is 10.2 Å². The number of nitrogens with zero attached hydrogens (tertiary/aromatic N) is 5. The van der Waals surface area contributed by atoms with E-state index in [0.717, 1.165) is 15.9 Å². The van der Waals surface area contributed by atoms with Gasteiger partial charge in [0.1, 0.15) is 6.54 Å². The monoisotopic (exact) mass is 454 g/mol. The van der Waals surface area contributed by atoms with Crippen molar-refractivity contribution in [1.82, 2.24) is 29.9 Å². The van der Waals surface area contributed by atoms with Crippen molar-refractivity contribution in [3.05, 3.63) is 38.9 Å².